The number of methoxy groups -OCH3 is 1. The molecule has 0 aromatic heterocycles. The van der Waals surface area contributed by atoms with Gasteiger partial charge < -0.3 is 18.8 Å². The Bertz CT molecular complexity index is 605. The first-order valence-corrected chi connectivity index (χ1v) is 10.4. The first-order valence-electron chi connectivity index (χ1n) is 10.4. The van der Waals surface area contributed by atoms with Crippen LogP contribution in [-0.2, 0) is 20.7 Å². The van der Waals surface area contributed by atoms with Crippen LogP contribution in [0, 0.1) is 5.92 Å². The first-order chi connectivity index (χ1) is 12.8. The van der Waals surface area contributed by atoms with E-state index >= 15 is 0 Å². The number of hydrogen-bond donors (Lipinski definition) is 0. The van der Waals surface area contributed by atoms with Crippen LogP contribution in [0.25, 0.3) is 0 Å². The lowest BCUT2D eigenvalue weighted by Crippen LogP contribution is -2.41. The first kappa shape index (κ1) is 20.7. The predicted molar refractivity (Wildman–Crippen MR) is 110 cm³/mol. The summed E-state index contributed by atoms with van der Waals surface area (Å²) < 4.78 is 24.1. The van der Waals surface area contributed by atoms with E-state index in [4.69, 9.17) is 18.8 Å². The SMILES string of the molecule is COc1ccc(COCC2CCCCCC2)cc1B1OC(C)(C)C(C)(C)O1. The summed E-state index contributed by atoms with van der Waals surface area (Å²) in [4.78, 5) is 0. The van der Waals surface area contributed by atoms with E-state index < -0.39 is 7.12 Å². The Hall–Kier alpha value is -1.04. The highest BCUT2D eigenvalue weighted by atomic mass is 16.7. The van der Waals surface area contributed by atoms with Crippen LogP contribution in [0.5, 0.6) is 5.75 Å². The number of benzene rings is 1. The molecule has 1 aliphatic heterocycles. The number of hydrogen-bond acceptors (Lipinski definition) is 4. The summed E-state index contributed by atoms with van der Waals surface area (Å²) in [6, 6.07) is 6.17. The molecule has 0 radical (unpaired) electrons. The summed E-state index contributed by atoms with van der Waals surface area (Å²) in [6.07, 6.45) is 8.08. The molecule has 0 N–H and O–H groups in total. The second-order valence-corrected chi connectivity index (χ2v) is 9.04. The van der Waals surface area contributed by atoms with Gasteiger partial charge in [-0.05, 0) is 58.1 Å². The Morgan fingerprint density at radius 3 is 2.22 bits per heavy atom. The van der Waals surface area contributed by atoms with Crippen molar-refractivity contribution in [3.8, 4) is 5.75 Å². The maximum atomic E-state index is 6.22. The Kier molecular flexibility index (Phi) is 6.55. The zero-order valence-corrected chi connectivity index (χ0v) is 17.7. The van der Waals surface area contributed by atoms with E-state index in [0.717, 1.165) is 23.4 Å². The maximum Gasteiger partial charge on any atom is 0.498 e. The standard InChI is InChI=1S/C22H35BO4/c1-21(2)22(3,4)27-23(26-21)19-14-18(12-13-20(19)24-5)16-25-15-17-10-8-6-7-9-11-17/h12-14,17H,6-11,15-16H2,1-5H3. The summed E-state index contributed by atoms with van der Waals surface area (Å²) in [6.45, 7) is 9.75. The molecule has 0 unspecified atom stereocenters. The predicted octanol–water partition coefficient (Wildman–Crippen LogP) is 4.48. The molecule has 1 aromatic carbocycles. The molecule has 0 bridgehead atoms. The molecule has 1 saturated carbocycles. The minimum atomic E-state index is -0.424. The van der Waals surface area contributed by atoms with Gasteiger partial charge >= 0.3 is 7.12 Å². The molecular weight excluding hydrogens is 339 g/mol. The van der Waals surface area contributed by atoms with Crippen LogP contribution >= 0.6 is 0 Å². The second kappa shape index (κ2) is 8.54. The third-order valence-corrected chi connectivity index (χ3v) is 6.40. The van der Waals surface area contributed by atoms with E-state index in [1.165, 1.54) is 38.5 Å². The van der Waals surface area contributed by atoms with Gasteiger partial charge in [0.15, 0.2) is 0 Å². The van der Waals surface area contributed by atoms with Gasteiger partial charge in [0.2, 0.25) is 0 Å². The third kappa shape index (κ3) is 4.88. The van der Waals surface area contributed by atoms with Crippen molar-refractivity contribution in [2.45, 2.75) is 84.0 Å². The van der Waals surface area contributed by atoms with Crippen molar-refractivity contribution in [1.29, 1.82) is 0 Å². The van der Waals surface area contributed by atoms with Crippen molar-refractivity contribution in [2.75, 3.05) is 13.7 Å². The molecule has 2 aliphatic rings. The highest BCUT2D eigenvalue weighted by Gasteiger charge is 2.52. The smallest absolute Gasteiger partial charge is 0.497 e. The molecule has 1 aliphatic carbocycles. The summed E-state index contributed by atoms with van der Waals surface area (Å²) in [5.41, 5.74) is 1.34. The lowest BCUT2D eigenvalue weighted by atomic mass is 9.77. The molecule has 150 valence electrons. The molecule has 0 amide bonds. The normalized spacial score (nSPS) is 22.6. The molecule has 1 aromatic rings. The average molecular weight is 374 g/mol. The zero-order valence-electron chi connectivity index (χ0n) is 17.7. The van der Waals surface area contributed by atoms with E-state index in [1.54, 1.807) is 7.11 Å². The zero-order chi connectivity index (χ0) is 19.5. The average Bonchev–Trinajstić information content (AvgIpc) is 2.79. The summed E-state index contributed by atoms with van der Waals surface area (Å²) in [5.74, 6) is 1.51. The van der Waals surface area contributed by atoms with Crippen molar-refractivity contribution in [3.63, 3.8) is 0 Å². The minimum Gasteiger partial charge on any atom is -0.497 e. The summed E-state index contributed by atoms with van der Waals surface area (Å²) >= 11 is 0. The Morgan fingerprint density at radius 1 is 1.00 bits per heavy atom. The van der Waals surface area contributed by atoms with Gasteiger partial charge in [-0.15, -0.1) is 0 Å². The van der Waals surface area contributed by atoms with Crippen molar-refractivity contribution < 1.29 is 18.8 Å². The van der Waals surface area contributed by atoms with Crippen LogP contribution in [0.2, 0.25) is 0 Å². The number of rotatable bonds is 6. The van der Waals surface area contributed by atoms with Crippen molar-refractivity contribution >= 4 is 12.6 Å². The van der Waals surface area contributed by atoms with E-state index in [9.17, 15) is 0 Å². The largest absolute Gasteiger partial charge is 0.498 e. The molecule has 5 heteroatoms. The van der Waals surface area contributed by atoms with Crippen LogP contribution in [0.1, 0.15) is 71.8 Å². The fourth-order valence-corrected chi connectivity index (χ4v) is 3.90. The van der Waals surface area contributed by atoms with Crippen LogP contribution < -0.4 is 10.2 Å². The Labute approximate surface area is 165 Å². The van der Waals surface area contributed by atoms with Gasteiger partial charge in [0, 0.05) is 12.1 Å². The molecule has 1 saturated heterocycles. The van der Waals surface area contributed by atoms with Crippen molar-refractivity contribution in [2.24, 2.45) is 5.92 Å². The van der Waals surface area contributed by atoms with Gasteiger partial charge in [-0.3, -0.25) is 0 Å². The Morgan fingerprint density at radius 2 is 1.63 bits per heavy atom. The van der Waals surface area contributed by atoms with Gasteiger partial charge in [0.25, 0.3) is 0 Å². The van der Waals surface area contributed by atoms with E-state index in [0.29, 0.717) is 12.5 Å². The van der Waals surface area contributed by atoms with Crippen LogP contribution in [0.4, 0.5) is 0 Å². The number of ether oxygens (including phenoxy) is 2. The minimum absolute atomic E-state index is 0.366. The van der Waals surface area contributed by atoms with Gasteiger partial charge in [-0.1, -0.05) is 37.8 Å². The van der Waals surface area contributed by atoms with Gasteiger partial charge in [-0.25, -0.2) is 0 Å². The monoisotopic (exact) mass is 374 g/mol. The fourth-order valence-electron chi connectivity index (χ4n) is 3.90. The van der Waals surface area contributed by atoms with Gasteiger partial charge in [-0.2, -0.15) is 0 Å². The molecular formula is C22H35BO4. The molecule has 4 nitrogen and oxygen atoms in total. The lowest BCUT2D eigenvalue weighted by molar-refractivity contribution is 0.00578. The van der Waals surface area contributed by atoms with Gasteiger partial charge in [0.1, 0.15) is 5.75 Å². The highest BCUT2D eigenvalue weighted by Crippen LogP contribution is 2.37. The quantitative estimate of drug-likeness (QED) is 0.543. The van der Waals surface area contributed by atoms with Crippen LogP contribution in [0.3, 0.4) is 0 Å². The third-order valence-electron chi connectivity index (χ3n) is 6.40. The van der Waals surface area contributed by atoms with E-state index in [1.807, 2.05) is 6.07 Å². The van der Waals surface area contributed by atoms with Crippen LogP contribution in [-0.4, -0.2) is 32.0 Å². The lowest BCUT2D eigenvalue weighted by Gasteiger charge is -2.32. The van der Waals surface area contributed by atoms with Crippen molar-refractivity contribution in [1.82, 2.24) is 0 Å². The fraction of sp³-hybridized carbons (Fsp3) is 0.727. The second-order valence-electron chi connectivity index (χ2n) is 9.04. The van der Waals surface area contributed by atoms with Crippen LogP contribution in [0.15, 0.2) is 18.2 Å². The molecule has 0 atom stereocenters. The van der Waals surface area contributed by atoms with Crippen molar-refractivity contribution in [3.05, 3.63) is 23.8 Å². The maximum absolute atomic E-state index is 6.22. The molecule has 2 fully saturated rings. The molecule has 1 heterocycles. The summed E-state index contributed by atoms with van der Waals surface area (Å²) in [7, 11) is 1.26. The highest BCUT2D eigenvalue weighted by molar-refractivity contribution is 6.63. The van der Waals surface area contributed by atoms with Gasteiger partial charge in [0.05, 0.1) is 24.9 Å². The summed E-state index contributed by atoms with van der Waals surface area (Å²) in [5, 5.41) is 0. The molecule has 27 heavy (non-hydrogen) atoms. The Balaban J connectivity index is 1.65. The molecule has 0 spiro atoms. The van der Waals surface area contributed by atoms with E-state index in [-0.39, 0.29) is 11.2 Å². The molecule has 3 rings (SSSR count). The topological polar surface area (TPSA) is 36.9 Å². The van der Waals surface area contributed by atoms with E-state index in [2.05, 4.69) is 39.8 Å².